The molecule has 3 rings (SSSR count). The first kappa shape index (κ1) is 18.9. The second-order valence-electron chi connectivity index (χ2n) is 5.55. The first-order chi connectivity index (χ1) is 12.8. The van der Waals surface area contributed by atoms with Crippen LogP contribution < -0.4 is 4.72 Å². The summed E-state index contributed by atoms with van der Waals surface area (Å²) in [5.74, 6) is -0.186. The van der Waals surface area contributed by atoms with Gasteiger partial charge in [-0.15, -0.1) is 0 Å². The Hall–Kier alpha value is -2.91. The van der Waals surface area contributed by atoms with Crippen molar-refractivity contribution in [2.45, 2.75) is 6.61 Å². The molecule has 1 heterocycles. The number of aromatic nitrogens is 2. The number of benzene rings is 2. The van der Waals surface area contributed by atoms with Crippen molar-refractivity contribution in [2.75, 3.05) is 11.0 Å². The molecule has 3 aromatic rings. The maximum Gasteiger partial charge on any atom is 0.338 e. The predicted molar refractivity (Wildman–Crippen MR) is 98.8 cm³/mol. The van der Waals surface area contributed by atoms with Crippen molar-refractivity contribution in [3.05, 3.63) is 65.0 Å². The number of nitrogens with one attached hydrogen (secondary N) is 1. The summed E-state index contributed by atoms with van der Waals surface area (Å²) >= 11 is 5.83. The van der Waals surface area contributed by atoms with E-state index in [-0.39, 0.29) is 23.7 Å². The maximum absolute atomic E-state index is 12.1. The number of nitrogens with zero attached hydrogens (tertiary/aromatic N) is 2. The molecule has 10 heteroatoms. The average Bonchev–Trinajstić information content (AvgIpc) is 3.08. The van der Waals surface area contributed by atoms with Crippen LogP contribution in [0.3, 0.4) is 0 Å². The number of halogens is 1. The van der Waals surface area contributed by atoms with Gasteiger partial charge in [-0.2, -0.15) is 4.98 Å². The molecule has 0 aliphatic carbocycles. The lowest BCUT2D eigenvalue weighted by atomic mass is 10.2. The summed E-state index contributed by atoms with van der Waals surface area (Å²) in [6.07, 6.45) is 1.02. The number of hydrogen-bond donors (Lipinski definition) is 1. The third kappa shape index (κ3) is 5.28. The fourth-order valence-corrected chi connectivity index (χ4v) is 2.85. The van der Waals surface area contributed by atoms with E-state index in [2.05, 4.69) is 14.9 Å². The van der Waals surface area contributed by atoms with Crippen LogP contribution in [0.5, 0.6) is 0 Å². The van der Waals surface area contributed by atoms with Crippen LogP contribution in [0.4, 0.5) is 5.69 Å². The van der Waals surface area contributed by atoms with E-state index < -0.39 is 16.0 Å². The summed E-state index contributed by atoms with van der Waals surface area (Å²) in [4.78, 5) is 16.3. The van der Waals surface area contributed by atoms with Gasteiger partial charge in [0.15, 0.2) is 6.61 Å². The predicted octanol–water partition coefficient (Wildman–Crippen LogP) is 3.12. The summed E-state index contributed by atoms with van der Waals surface area (Å²) in [5.41, 5.74) is 1.15. The molecule has 8 nitrogen and oxygen atoms in total. The summed E-state index contributed by atoms with van der Waals surface area (Å²) in [6, 6.07) is 12.8. The van der Waals surface area contributed by atoms with E-state index >= 15 is 0 Å². The first-order valence-corrected chi connectivity index (χ1v) is 9.90. The third-order valence-electron chi connectivity index (χ3n) is 3.30. The zero-order valence-electron chi connectivity index (χ0n) is 14.0. The smallest absolute Gasteiger partial charge is 0.338 e. The number of anilines is 1. The Morgan fingerprint density at radius 1 is 1.22 bits per heavy atom. The molecule has 0 spiro atoms. The van der Waals surface area contributed by atoms with Crippen molar-refractivity contribution in [3.63, 3.8) is 0 Å². The highest BCUT2D eigenvalue weighted by atomic mass is 35.5. The van der Waals surface area contributed by atoms with Gasteiger partial charge in [-0.1, -0.05) is 22.8 Å². The van der Waals surface area contributed by atoms with Crippen LogP contribution in [0.15, 0.2) is 53.1 Å². The van der Waals surface area contributed by atoms with Crippen molar-refractivity contribution in [1.82, 2.24) is 10.1 Å². The maximum atomic E-state index is 12.1. The van der Waals surface area contributed by atoms with Crippen LogP contribution in [0, 0.1) is 0 Å². The third-order valence-corrected chi connectivity index (χ3v) is 4.16. The second-order valence-corrected chi connectivity index (χ2v) is 7.73. The van der Waals surface area contributed by atoms with Crippen molar-refractivity contribution >= 4 is 33.3 Å². The van der Waals surface area contributed by atoms with E-state index in [1.165, 1.54) is 24.3 Å². The molecule has 0 fully saturated rings. The molecule has 140 valence electrons. The number of ether oxygens (including phenoxy) is 1. The molecule has 2 aromatic carbocycles. The highest BCUT2D eigenvalue weighted by Crippen LogP contribution is 2.19. The molecule has 1 N–H and O–H groups in total. The molecule has 0 radical (unpaired) electrons. The number of esters is 1. The molecule has 0 atom stereocenters. The van der Waals surface area contributed by atoms with E-state index in [1.54, 1.807) is 24.3 Å². The zero-order chi connectivity index (χ0) is 19.4. The Kier molecular flexibility index (Phi) is 5.43. The van der Waals surface area contributed by atoms with Gasteiger partial charge in [0.05, 0.1) is 11.8 Å². The van der Waals surface area contributed by atoms with Crippen LogP contribution in [0.2, 0.25) is 5.02 Å². The Bertz CT molecular complexity index is 1060. The molecule has 0 aliphatic heterocycles. The Morgan fingerprint density at radius 3 is 2.67 bits per heavy atom. The van der Waals surface area contributed by atoms with Crippen molar-refractivity contribution in [3.8, 4) is 11.4 Å². The lowest BCUT2D eigenvalue weighted by Crippen LogP contribution is -2.11. The largest absolute Gasteiger partial charge is 0.452 e. The van der Waals surface area contributed by atoms with Gasteiger partial charge in [-0.05, 0) is 42.5 Å². The summed E-state index contributed by atoms with van der Waals surface area (Å²) in [7, 11) is -3.44. The number of rotatable bonds is 6. The highest BCUT2D eigenvalue weighted by molar-refractivity contribution is 7.92. The fraction of sp³-hybridized carbons (Fsp3) is 0.118. The van der Waals surface area contributed by atoms with E-state index in [0.29, 0.717) is 16.4 Å². The van der Waals surface area contributed by atoms with Crippen LogP contribution in [0.25, 0.3) is 11.4 Å². The standard InChI is InChI=1S/C17H14ClN3O5S/c1-27(23,24)21-14-4-2-3-12(9-14)17(22)25-10-15-19-16(20-26-15)11-5-7-13(18)8-6-11/h2-9,21H,10H2,1H3. The van der Waals surface area contributed by atoms with E-state index in [9.17, 15) is 13.2 Å². The van der Waals surface area contributed by atoms with Gasteiger partial charge in [0, 0.05) is 16.3 Å². The van der Waals surface area contributed by atoms with Crippen molar-refractivity contribution < 1.29 is 22.5 Å². The minimum absolute atomic E-state index is 0.124. The topological polar surface area (TPSA) is 111 Å². The van der Waals surface area contributed by atoms with Crippen LogP contribution >= 0.6 is 11.6 Å². The molecule has 0 saturated carbocycles. The van der Waals surface area contributed by atoms with Gasteiger partial charge in [-0.25, -0.2) is 13.2 Å². The monoisotopic (exact) mass is 407 g/mol. The lowest BCUT2D eigenvalue weighted by molar-refractivity contribution is 0.0430. The highest BCUT2D eigenvalue weighted by Gasteiger charge is 2.13. The molecular formula is C17H14ClN3O5S. The van der Waals surface area contributed by atoms with Crippen LogP contribution in [-0.2, 0) is 21.4 Å². The number of carbonyl (C=O) groups is 1. The minimum Gasteiger partial charge on any atom is -0.452 e. The Morgan fingerprint density at radius 2 is 1.96 bits per heavy atom. The molecule has 27 heavy (non-hydrogen) atoms. The molecular weight excluding hydrogens is 394 g/mol. The number of carbonyl (C=O) groups excluding carboxylic acids is 1. The molecule has 1 aromatic heterocycles. The summed E-state index contributed by atoms with van der Waals surface area (Å²) < 4.78 is 35.0. The Labute approximate surface area is 160 Å². The van der Waals surface area contributed by atoms with Gasteiger partial charge < -0.3 is 9.26 Å². The van der Waals surface area contributed by atoms with E-state index in [1.807, 2.05) is 0 Å². The Balaban J connectivity index is 1.64. The van der Waals surface area contributed by atoms with Gasteiger partial charge in [0.2, 0.25) is 15.8 Å². The molecule has 0 bridgehead atoms. The molecule has 0 saturated heterocycles. The van der Waals surface area contributed by atoms with E-state index in [0.717, 1.165) is 6.26 Å². The normalized spacial score (nSPS) is 11.2. The van der Waals surface area contributed by atoms with E-state index in [4.69, 9.17) is 20.9 Å². The minimum atomic E-state index is -3.44. The van der Waals surface area contributed by atoms with Crippen molar-refractivity contribution in [2.24, 2.45) is 0 Å². The van der Waals surface area contributed by atoms with Gasteiger partial charge in [0.25, 0.3) is 5.89 Å². The van der Waals surface area contributed by atoms with Crippen LogP contribution in [0.1, 0.15) is 16.2 Å². The zero-order valence-corrected chi connectivity index (χ0v) is 15.6. The fourth-order valence-electron chi connectivity index (χ4n) is 2.16. The summed E-state index contributed by atoms with van der Waals surface area (Å²) in [6.45, 7) is -0.219. The molecule has 0 unspecified atom stereocenters. The SMILES string of the molecule is CS(=O)(=O)Nc1cccc(C(=O)OCc2nc(-c3ccc(Cl)cc3)no2)c1. The van der Waals surface area contributed by atoms with Gasteiger partial charge in [-0.3, -0.25) is 4.72 Å². The average molecular weight is 408 g/mol. The molecule has 0 amide bonds. The van der Waals surface area contributed by atoms with Crippen molar-refractivity contribution in [1.29, 1.82) is 0 Å². The first-order valence-electron chi connectivity index (χ1n) is 7.64. The van der Waals surface area contributed by atoms with Crippen LogP contribution in [-0.4, -0.2) is 30.8 Å². The number of hydrogen-bond acceptors (Lipinski definition) is 7. The quantitative estimate of drug-likeness (QED) is 0.624. The van der Waals surface area contributed by atoms with Gasteiger partial charge >= 0.3 is 5.97 Å². The lowest BCUT2D eigenvalue weighted by Gasteiger charge is -2.06. The summed E-state index contributed by atoms with van der Waals surface area (Å²) in [5, 5.41) is 4.41. The van der Waals surface area contributed by atoms with Gasteiger partial charge in [0.1, 0.15) is 0 Å². The molecule has 0 aliphatic rings. The second kappa shape index (κ2) is 7.77. The number of sulfonamides is 1.